The Labute approximate surface area is 124 Å². The third-order valence-electron chi connectivity index (χ3n) is 2.21. The number of hydrogen-bond acceptors (Lipinski definition) is 2. The molecule has 1 aromatic rings. The largest absolute Gasteiger partial charge is 0.433 e. The first-order valence-corrected chi connectivity index (χ1v) is 5.81. The van der Waals surface area contributed by atoms with Gasteiger partial charge in [0.05, 0.1) is 6.20 Å². The second-order valence-corrected chi connectivity index (χ2v) is 4.07. The molecule has 13 heteroatoms. The zero-order valence-corrected chi connectivity index (χ0v) is 11.0. The SMILES string of the molecule is CCc1cnc(Cl)o1.[B]B([B])B(B([B])[B])B([B])[B]. The van der Waals surface area contributed by atoms with Gasteiger partial charge in [0, 0.05) is 78.4 Å². The van der Waals surface area contributed by atoms with Gasteiger partial charge in [-0.15, -0.1) is 0 Å². The second kappa shape index (κ2) is 9.12. The summed E-state index contributed by atoms with van der Waals surface area (Å²) in [6.07, 6.45) is 0.0298. The number of aryl methyl sites for hydroxylation is 1. The summed E-state index contributed by atoms with van der Waals surface area (Å²) in [6.45, 7) is 1.98. The van der Waals surface area contributed by atoms with Crippen LogP contribution in [0.3, 0.4) is 0 Å². The van der Waals surface area contributed by atoms with Crippen molar-refractivity contribution in [1.29, 1.82) is 0 Å². The smallest absolute Gasteiger partial charge is 0.292 e. The number of hydrogen-bond donors (Lipinski definition) is 0. The van der Waals surface area contributed by atoms with E-state index in [1.165, 1.54) is 0 Å². The van der Waals surface area contributed by atoms with Crippen LogP contribution < -0.4 is 0 Å². The van der Waals surface area contributed by atoms with Crippen LogP contribution in [-0.4, -0.2) is 76.9 Å². The van der Waals surface area contributed by atoms with Gasteiger partial charge in [0.15, 0.2) is 0 Å². The van der Waals surface area contributed by atoms with E-state index in [0.717, 1.165) is 12.2 Å². The van der Waals surface area contributed by atoms with E-state index in [4.69, 9.17) is 62.4 Å². The van der Waals surface area contributed by atoms with E-state index >= 15 is 0 Å². The molecule has 1 heterocycles. The van der Waals surface area contributed by atoms with Crippen molar-refractivity contribution in [2.24, 2.45) is 0 Å². The molecule has 0 spiro atoms. The van der Waals surface area contributed by atoms with Gasteiger partial charge >= 0.3 is 0 Å². The predicted molar refractivity (Wildman–Crippen MR) is 88.4 cm³/mol. The fourth-order valence-corrected chi connectivity index (χ4v) is 1.36. The summed E-state index contributed by atoms with van der Waals surface area (Å²) in [6, 6.07) is 0. The maximum atomic E-state index is 5.36. The highest BCUT2D eigenvalue weighted by molar-refractivity contribution is 8.00. The third-order valence-corrected chi connectivity index (χ3v) is 2.38. The summed E-state index contributed by atoms with van der Waals surface area (Å²) in [5, 5.41) is 0.224. The van der Waals surface area contributed by atoms with E-state index in [9.17, 15) is 0 Å². The molecule has 0 fully saturated rings. The van der Waals surface area contributed by atoms with Gasteiger partial charge < -0.3 is 4.42 Å². The van der Waals surface area contributed by atoms with Crippen molar-refractivity contribution in [2.45, 2.75) is 13.3 Å². The Morgan fingerprint density at radius 2 is 1.56 bits per heavy atom. The van der Waals surface area contributed by atoms with Gasteiger partial charge in [-0.05, 0) is 11.6 Å². The minimum Gasteiger partial charge on any atom is -0.433 e. The van der Waals surface area contributed by atoms with E-state index in [0.29, 0.717) is 0 Å². The van der Waals surface area contributed by atoms with Crippen LogP contribution in [0.4, 0.5) is 0 Å². The van der Waals surface area contributed by atoms with Gasteiger partial charge in [0.2, 0.25) is 0 Å². The van der Waals surface area contributed by atoms with Crippen molar-refractivity contribution < 1.29 is 4.42 Å². The zero-order chi connectivity index (χ0) is 14.3. The lowest BCUT2D eigenvalue weighted by Crippen LogP contribution is -2.62. The summed E-state index contributed by atoms with van der Waals surface area (Å²) in [7, 11) is 31.8. The lowest BCUT2D eigenvalue weighted by Gasteiger charge is -2.23. The van der Waals surface area contributed by atoms with Gasteiger partial charge in [0.25, 0.3) is 5.35 Å². The molecular formula is C5H6B10ClNO. The lowest BCUT2D eigenvalue weighted by atomic mass is 8.58. The molecular weight excluding hydrogens is 234 g/mol. The second-order valence-electron chi connectivity index (χ2n) is 3.74. The van der Waals surface area contributed by atoms with Crippen LogP contribution in [0.1, 0.15) is 12.7 Å². The first-order valence-electron chi connectivity index (χ1n) is 5.43. The zero-order valence-electron chi connectivity index (χ0n) is 10.3. The molecule has 0 saturated carbocycles. The van der Waals surface area contributed by atoms with Crippen molar-refractivity contribution in [3.63, 3.8) is 0 Å². The minimum absolute atomic E-state index is 0.224. The molecule has 0 bridgehead atoms. The number of aromatic nitrogens is 1. The number of oxazole rings is 1. The molecule has 0 saturated heterocycles. The standard InChI is InChI=1S/C5H6ClNO.B10/c1-2-4-3-7-5(6)8-4;1-7(2)10(8(3)4)9(5)6/h3H,2H2,1H3;. The maximum Gasteiger partial charge on any atom is 0.292 e. The van der Waals surface area contributed by atoms with Gasteiger partial charge in [-0.3, -0.25) is 0 Å². The van der Waals surface area contributed by atoms with Gasteiger partial charge in [-0.25, -0.2) is 4.98 Å². The van der Waals surface area contributed by atoms with Gasteiger partial charge in [-0.1, -0.05) is 6.92 Å². The van der Waals surface area contributed by atoms with Crippen molar-refractivity contribution in [1.82, 2.24) is 4.98 Å². The van der Waals surface area contributed by atoms with E-state index in [1.54, 1.807) is 6.20 Å². The summed E-state index contributed by atoms with van der Waals surface area (Å²) in [5.74, 6) is 0.829. The molecule has 0 N–H and O–H groups in total. The van der Waals surface area contributed by atoms with E-state index < -0.39 is 25.5 Å². The highest BCUT2D eigenvalue weighted by atomic mass is 35.5. The monoisotopic (exact) mass is 241 g/mol. The Hall–Kier alpha value is 0.149. The van der Waals surface area contributed by atoms with Crippen LogP contribution in [0.2, 0.25) is 5.35 Å². The molecule has 18 heavy (non-hydrogen) atoms. The fourth-order valence-electron chi connectivity index (χ4n) is 1.22. The van der Waals surface area contributed by atoms with Crippen LogP contribution in [0.25, 0.3) is 0 Å². The van der Waals surface area contributed by atoms with Crippen molar-refractivity contribution >= 4 is 83.6 Å². The summed E-state index contributed by atoms with van der Waals surface area (Å²) >= 11 is 5.36. The third kappa shape index (κ3) is 6.92. The topological polar surface area (TPSA) is 26.0 Å². The van der Waals surface area contributed by atoms with Crippen LogP contribution >= 0.6 is 11.6 Å². The predicted octanol–water partition coefficient (Wildman–Crippen LogP) is -1.92. The Balaban J connectivity index is 0.000000327. The molecule has 0 unspecified atom stereocenters. The van der Waals surface area contributed by atoms with E-state index in [-0.39, 0.29) is 5.35 Å². The van der Waals surface area contributed by atoms with E-state index in [2.05, 4.69) is 4.98 Å². The lowest BCUT2D eigenvalue weighted by molar-refractivity contribution is 0.512. The fraction of sp³-hybridized carbons (Fsp3) is 0.400. The summed E-state index contributed by atoms with van der Waals surface area (Å²) in [5.41, 5.74) is 0. The van der Waals surface area contributed by atoms with Crippen molar-refractivity contribution in [2.75, 3.05) is 0 Å². The molecule has 0 aliphatic rings. The Morgan fingerprint density at radius 1 is 1.11 bits per heavy atom. The quantitative estimate of drug-likeness (QED) is 0.573. The molecule has 2 nitrogen and oxygen atoms in total. The van der Waals surface area contributed by atoms with Crippen molar-refractivity contribution in [3.05, 3.63) is 17.3 Å². The van der Waals surface area contributed by atoms with Crippen LogP contribution in [0, 0.1) is 0 Å². The first kappa shape index (κ1) is 18.1. The van der Waals surface area contributed by atoms with E-state index in [1.807, 2.05) is 6.92 Å². The van der Waals surface area contributed by atoms with Gasteiger partial charge in [0.1, 0.15) is 5.76 Å². The highest BCUT2D eigenvalue weighted by Crippen LogP contribution is 2.08. The Kier molecular flexibility index (Phi) is 9.19. The summed E-state index contributed by atoms with van der Waals surface area (Å²) < 4.78 is 4.89. The summed E-state index contributed by atoms with van der Waals surface area (Å²) in [4.78, 5) is 3.69. The Morgan fingerprint density at radius 3 is 1.67 bits per heavy atom. The van der Waals surface area contributed by atoms with Gasteiger partial charge in [-0.2, -0.15) is 0 Å². The molecule has 1 aromatic heterocycles. The average molecular weight is 240 g/mol. The molecule has 0 atom stereocenters. The highest BCUT2D eigenvalue weighted by Gasteiger charge is 2.24. The molecule has 0 aliphatic carbocycles. The molecule has 0 amide bonds. The number of rotatable bonds is 4. The number of halogens is 1. The van der Waals surface area contributed by atoms with Crippen LogP contribution in [0.15, 0.2) is 10.6 Å². The molecule has 1 rings (SSSR count). The average Bonchev–Trinajstić information content (AvgIpc) is 2.63. The normalized spacial score (nSPS) is 9.00. The molecule has 12 radical (unpaired) electrons. The minimum atomic E-state index is -0.667. The van der Waals surface area contributed by atoms with Crippen molar-refractivity contribution in [3.8, 4) is 0 Å². The molecule has 74 valence electrons. The van der Waals surface area contributed by atoms with Crippen LogP contribution in [0.5, 0.6) is 0 Å². The Bertz CT molecular complexity index is 313. The number of nitrogens with zero attached hydrogens (tertiary/aromatic N) is 1. The van der Waals surface area contributed by atoms with Crippen LogP contribution in [-0.2, 0) is 6.42 Å². The molecule has 0 aromatic carbocycles. The maximum absolute atomic E-state index is 5.36. The molecule has 0 aliphatic heterocycles. The first-order chi connectivity index (χ1) is 8.29.